The molecule has 2 aromatic rings. The number of rotatable bonds is 3. The number of amides is 2. The number of imide groups is 1. The van der Waals surface area contributed by atoms with Crippen molar-refractivity contribution >= 4 is 29.2 Å². The van der Waals surface area contributed by atoms with E-state index in [0.717, 1.165) is 4.90 Å². The van der Waals surface area contributed by atoms with Crippen molar-refractivity contribution in [1.82, 2.24) is 19.5 Å². The van der Waals surface area contributed by atoms with E-state index in [4.69, 9.17) is 23.7 Å². The lowest BCUT2D eigenvalue weighted by Crippen LogP contribution is -2.44. The Morgan fingerprint density at radius 2 is 1.68 bits per heavy atom. The number of aliphatic hydroxyl groups excluding tert-OH is 1. The summed E-state index contributed by atoms with van der Waals surface area (Å²) in [7, 11) is 0. The van der Waals surface area contributed by atoms with E-state index in [9.17, 15) is 14.7 Å². The van der Waals surface area contributed by atoms with Crippen molar-refractivity contribution in [2.24, 2.45) is 5.92 Å². The number of aromatic nitrogens is 4. The van der Waals surface area contributed by atoms with Crippen molar-refractivity contribution < 1.29 is 38.4 Å². The van der Waals surface area contributed by atoms with Crippen LogP contribution in [0.15, 0.2) is 12.7 Å². The summed E-state index contributed by atoms with van der Waals surface area (Å²) < 4.78 is 31.5. The maximum absolute atomic E-state index is 13.2. The molecule has 5 rings (SSSR count). The minimum absolute atomic E-state index is 0.0303. The Morgan fingerprint density at radius 1 is 1.05 bits per heavy atom. The zero-order valence-electron chi connectivity index (χ0n) is 22.9. The molecule has 4 heterocycles. The molecule has 1 spiro atoms. The van der Waals surface area contributed by atoms with Gasteiger partial charge in [-0.1, -0.05) is 0 Å². The van der Waals surface area contributed by atoms with E-state index in [0.29, 0.717) is 12.1 Å². The van der Waals surface area contributed by atoms with Crippen LogP contribution in [0.4, 0.5) is 15.4 Å². The monoisotopic (exact) mass is 533 g/mol. The number of hydrogen-bond donors (Lipinski definition) is 1. The summed E-state index contributed by atoms with van der Waals surface area (Å²) in [5.41, 5.74) is -1.97. The topological polar surface area (TPSA) is 147 Å². The van der Waals surface area contributed by atoms with Gasteiger partial charge in [0.05, 0.1) is 6.33 Å². The number of fused-ring (bicyclic) bond motifs is 3. The van der Waals surface area contributed by atoms with Crippen molar-refractivity contribution in [1.29, 1.82) is 0 Å². The molecule has 2 amide bonds. The van der Waals surface area contributed by atoms with Crippen LogP contribution >= 0.6 is 0 Å². The molecule has 38 heavy (non-hydrogen) atoms. The number of hydrogen-bond acceptors (Lipinski definition) is 11. The summed E-state index contributed by atoms with van der Waals surface area (Å²) in [6.07, 6.45) is -0.129. The van der Waals surface area contributed by atoms with Crippen LogP contribution in [0.5, 0.6) is 0 Å². The number of ether oxygens (including phenoxy) is 5. The normalized spacial score (nSPS) is 29.9. The Kier molecular flexibility index (Phi) is 6.02. The van der Waals surface area contributed by atoms with Gasteiger partial charge in [-0.2, -0.15) is 4.90 Å². The standard InChI is InChI=1S/C25H35N5O8/c1-22(2,3)37-20(32)30(21(33)38-23(4,5)6)18-14-17(26-11-27-18)29(12-28-14)19-15-16(35-24(7,8)34-15)25(36-19)9-13(25)10-31/h11-13,15-16,19,31H,9-10H2,1-8H3/t13?,15-,16+,19-,25?/m1/s1. The molecule has 2 aliphatic heterocycles. The smallest absolute Gasteiger partial charge is 0.425 e. The van der Waals surface area contributed by atoms with Crippen LogP contribution in [-0.4, -0.2) is 78.2 Å². The number of imidazole rings is 1. The second kappa shape index (κ2) is 8.57. The van der Waals surface area contributed by atoms with Crippen LogP contribution in [0.3, 0.4) is 0 Å². The Bertz CT molecular complexity index is 1240. The Labute approximate surface area is 220 Å². The second-order valence-electron chi connectivity index (χ2n) is 12.4. The van der Waals surface area contributed by atoms with Crippen LogP contribution in [0, 0.1) is 5.92 Å². The fourth-order valence-electron chi connectivity index (χ4n) is 5.04. The van der Waals surface area contributed by atoms with Crippen molar-refractivity contribution in [3.05, 3.63) is 12.7 Å². The number of carbonyl (C=O) groups is 2. The van der Waals surface area contributed by atoms with Crippen molar-refractivity contribution in [3.8, 4) is 0 Å². The first-order chi connectivity index (χ1) is 17.6. The fraction of sp³-hybridized carbons (Fsp3) is 0.720. The van der Waals surface area contributed by atoms with Gasteiger partial charge in [0.2, 0.25) is 0 Å². The number of aliphatic hydroxyl groups is 1. The lowest BCUT2D eigenvalue weighted by atomic mass is 10.1. The van der Waals surface area contributed by atoms with Crippen molar-refractivity contribution in [2.75, 3.05) is 11.5 Å². The lowest BCUT2D eigenvalue weighted by Gasteiger charge is -2.28. The summed E-state index contributed by atoms with van der Waals surface area (Å²) >= 11 is 0. The number of anilines is 1. The third kappa shape index (κ3) is 4.61. The Balaban J connectivity index is 1.55. The van der Waals surface area contributed by atoms with E-state index in [1.807, 2.05) is 13.8 Å². The molecule has 208 valence electrons. The van der Waals surface area contributed by atoms with Crippen LogP contribution in [0.2, 0.25) is 0 Å². The van der Waals surface area contributed by atoms with E-state index in [-0.39, 0.29) is 23.9 Å². The molecule has 2 saturated heterocycles. The third-order valence-corrected chi connectivity index (χ3v) is 6.53. The van der Waals surface area contributed by atoms with Gasteiger partial charge in [-0.3, -0.25) is 4.57 Å². The predicted molar refractivity (Wildman–Crippen MR) is 132 cm³/mol. The summed E-state index contributed by atoms with van der Waals surface area (Å²) in [6, 6.07) is 0. The summed E-state index contributed by atoms with van der Waals surface area (Å²) in [6.45, 7) is 13.8. The van der Waals surface area contributed by atoms with E-state index < -0.39 is 53.2 Å². The minimum Gasteiger partial charge on any atom is -0.443 e. The SMILES string of the molecule is CC(C)(C)OC(=O)N(C(=O)OC(C)(C)C)c1ncnc2c1ncn2[C@@H]1OC2(CC2CO)[C@H]2OC(C)(C)O[C@@H]12. The van der Waals surface area contributed by atoms with Crippen molar-refractivity contribution in [2.45, 2.75) is 103 Å². The summed E-state index contributed by atoms with van der Waals surface area (Å²) in [4.78, 5) is 40.2. The van der Waals surface area contributed by atoms with Crippen LogP contribution in [0.1, 0.15) is 68.0 Å². The van der Waals surface area contributed by atoms with Crippen LogP contribution in [0.25, 0.3) is 11.2 Å². The Hall–Kier alpha value is -2.87. The maximum atomic E-state index is 13.2. The van der Waals surface area contributed by atoms with Gasteiger partial charge in [-0.25, -0.2) is 24.5 Å². The second-order valence-corrected chi connectivity index (χ2v) is 12.4. The molecule has 5 atom stereocenters. The lowest BCUT2D eigenvalue weighted by molar-refractivity contribution is -0.204. The zero-order valence-corrected chi connectivity index (χ0v) is 22.9. The summed E-state index contributed by atoms with van der Waals surface area (Å²) in [5, 5.41) is 9.82. The van der Waals surface area contributed by atoms with Crippen LogP contribution < -0.4 is 4.90 Å². The first-order valence-electron chi connectivity index (χ1n) is 12.6. The average molecular weight is 534 g/mol. The first kappa shape index (κ1) is 26.7. The van der Waals surface area contributed by atoms with E-state index in [2.05, 4.69) is 15.0 Å². The number of carbonyl (C=O) groups excluding carboxylic acids is 2. The van der Waals surface area contributed by atoms with Gasteiger partial charge in [0.15, 0.2) is 29.0 Å². The highest BCUT2D eigenvalue weighted by Gasteiger charge is 2.73. The quantitative estimate of drug-likeness (QED) is 0.619. The van der Waals surface area contributed by atoms with Crippen molar-refractivity contribution in [3.63, 3.8) is 0 Å². The average Bonchev–Trinajstić information content (AvgIpc) is 2.99. The van der Waals surface area contributed by atoms with Gasteiger partial charge >= 0.3 is 12.2 Å². The van der Waals surface area contributed by atoms with E-state index in [1.165, 1.54) is 12.7 Å². The highest BCUT2D eigenvalue weighted by molar-refractivity contribution is 6.12. The molecule has 13 nitrogen and oxygen atoms in total. The first-order valence-corrected chi connectivity index (χ1v) is 12.6. The highest BCUT2D eigenvalue weighted by Crippen LogP contribution is 2.62. The van der Waals surface area contributed by atoms with Gasteiger partial charge in [0, 0.05) is 12.5 Å². The molecule has 1 aliphatic carbocycles. The molecule has 2 aromatic heterocycles. The van der Waals surface area contributed by atoms with Crippen LogP contribution in [-0.2, 0) is 23.7 Å². The molecule has 0 radical (unpaired) electrons. The molecule has 2 unspecified atom stereocenters. The molecule has 1 N–H and O–H groups in total. The van der Waals surface area contributed by atoms with E-state index in [1.54, 1.807) is 46.1 Å². The van der Waals surface area contributed by atoms with E-state index >= 15 is 0 Å². The molecule has 0 aromatic carbocycles. The largest absolute Gasteiger partial charge is 0.443 e. The molecule has 0 bridgehead atoms. The third-order valence-electron chi connectivity index (χ3n) is 6.53. The minimum atomic E-state index is -0.963. The molecule has 13 heteroatoms. The predicted octanol–water partition coefficient (Wildman–Crippen LogP) is 3.30. The molecular formula is C25H35N5O8. The fourth-order valence-corrected chi connectivity index (χ4v) is 5.04. The molecule has 3 aliphatic rings. The Morgan fingerprint density at radius 3 is 2.24 bits per heavy atom. The summed E-state index contributed by atoms with van der Waals surface area (Å²) in [5.74, 6) is -1.01. The van der Waals surface area contributed by atoms with Gasteiger partial charge in [0.1, 0.15) is 35.3 Å². The number of nitrogens with zero attached hydrogens (tertiary/aromatic N) is 5. The molecular weight excluding hydrogens is 498 g/mol. The van der Waals surface area contributed by atoms with Gasteiger partial charge in [-0.15, -0.1) is 0 Å². The highest BCUT2D eigenvalue weighted by atomic mass is 16.8. The molecule has 1 saturated carbocycles. The maximum Gasteiger partial charge on any atom is 0.425 e. The van der Waals surface area contributed by atoms with Gasteiger partial charge in [-0.05, 0) is 61.8 Å². The van der Waals surface area contributed by atoms with Gasteiger partial charge < -0.3 is 28.8 Å². The molecule has 3 fully saturated rings. The zero-order chi connectivity index (χ0) is 27.8. The van der Waals surface area contributed by atoms with Gasteiger partial charge in [0.25, 0.3) is 0 Å².